The zero-order valence-corrected chi connectivity index (χ0v) is 16.6. The van der Waals surface area contributed by atoms with Gasteiger partial charge in [-0.25, -0.2) is 0 Å². The highest BCUT2D eigenvalue weighted by Gasteiger charge is 2.43. The molecule has 3 aromatic carbocycles. The molecule has 3 aromatic rings. The van der Waals surface area contributed by atoms with Gasteiger partial charge in [-0.2, -0.15) is 0 Å². The Morgan fingerprint density at radius 2 is 1.54 bits per heavy atom. The number of ether oxygens (including phenoxy) is 2. The monoisotopic (exact) mass is 372 g/mol. The largest absolute Gasteiger partial charge is 0.494 e. The van der Waals surface area contributed by atoms with Gasteiger partial charge in [0.15, 0.2) is 0 Å². The first-order valence-electron chi connectivity index (χ1n) is 10.3. The smallest absolute Gasteiger partial charge is 0.127 e. The molecule has 1 aliphatic carbocycles. The summed E-state index contributed by atoms with van der Waals surface area (Å²) in [7, 11) is 0. The number of aryl methyl sites for hydroxylation is 1. The Kier molecular flexibility index (Phi) is 5.66. The third-order valence-corrected chi connectivity index (χ3v) is 5.63. The van der Waals surface area contributed by atoms with Gasteiger partial charge in [0, 0.05) is 0 Å². The van der Waals surface area contributed by atoms with E-state index < -0.39 is 0 Å². The van der Waals surface area contributed by atoms with E-state index >= 15 is 0 Å². The molecule has 0 spiro atoms. The van der Waals surface area contributed by atoms with Crippen LogP contribution < -0.4 is 9.47 Å². The van der Waals surface area contributed by atoms with E-state index in [4.69, 9.17) is 9.47 Å². The summed E-state index contributed by atoms with van der Waals surface area (Å²) in [5, 5.41) is 0. The molecule has 0 saturated heterocycles. The van der Waals surface area contributed by atoms with E-state index in [0.717, 1.165) is 30.3 Å². The van der Waals surface area contributed by atoms with Crippen LogP contribution in [0.2, 0.25) is 0 Å². The molecule has 4 rings (SSSR count). The minimum Gasteiger partial charge on any atom is -0.494 e. The van der Waals surface area contributed by atoms with E-state index in [9.17, 15) is 0 Å². The molecule has 1 fully saturated rings. The Bertz CT molecular complexity index is 880. The van der Waals surface area contributed by atoms with Gasteiger partial charge in [0.05, 0.1) is 6.61 Å². The minimum atomic E-state index is 0.392. The summed E-state index contributed by atoms with van der Waals surface area (Å²) in [6.07, 6.45) is 6.13. The highest BCUT2D eigenvalue weighted by atomic mass is 16.5. The van der Waals surface area contributed by atoms with E-state index in [-0.39, 0.29) is 0 Å². The van der Waals surface area contributed by atoms with Crippen molar-refractivity contribution in [1.82, 2.24) is 0 Å². The van der Waals surface area contributed by atoms with Crippen molar-refractivity contribution in [3.63, 3.8) is 0 Å². The van der Waals surface area contributed by atoms with Crippen molar-refractivity contribution in [1.29, 1.82) is 0 Å². The molecule has 0 aromatic heterocycles. The molecule has 0 bridgehead atoms. The van der Waals surface area contributed by atoms with Gasteiger partial charge < -0.3 is 9.47 Å². The molecule has 0 unspecified atom stereocenters. The molecular formula is C26H28O2. The number of para-hydroxylation sites is 1. The number of rotatable bonds is 9. The predicted octanol–water partition coefficient (Wildman–Crippen LogP) is 6.93. The Labute approximate surface area is 168 Å². The second kappa shape index (κ2) is 8.52. The van der Waals surface area contributed by atoms with E-state index in [1.165, 1.54) is 36.8 Å². The van der Waals surface area contributed by atoms with Crippen LogP contribution in [0, 0.1) is 0 Å². The fraction of sp³-hybridized carbons (Fsp3) is 0.308. The third kappa shape index (κ3) is 4.56. The molecule has 1 saturated carbocycles. The quantitative estimate of drug-likeness (QED) is 0.405. The molecule has 0 amide bonds. The highest BCUT2D eigenvalue weighted by molar-refractivity contribution is 5.37. The third-order valence-electron chi connectivity index (χ3n) is 5.63. The van der Waals surface area contributed by atoms with Gasteiger partial charge in [-0.15, -0.1) is 0 Å². The van der Waals surface area contributed by atoms with Crippen molar-refractivity contribution in [3.05, 3.63) is 90.0 Å². The lowest BCUT2D eigenvalue weighted by molar-refractivity contribution is 0.340. The molecule has 0 atom stereocenters. The van der Waals surface area contributed by atoms with E-state index in [1.807, 2.05) is 43.3 Å². The van der Waals surface area contributed by atoms with Gasteiger partial charge in [-0.05, 0) is 92.0 Å². The van der Waals surface area contributed by atoms with Gasteiger partial charge in [-0.3, -0.25) is 0 Å². The second-order valence-corrected chi connectivity index (χ2v) is 7.65. The van der Waals surface area contributed by atoms with Crippen molar-refractivity contribution in [2.75, 3.05) is 6.61 Å². The summed E-state index contributed by atoms with van der Waals surface area (Å²) < 4.78 is 11.5. The highest BCUT2D eigenvalue weighted by Crippen LogP contribution is 2.52. The van der Waals surface area contributed by atoms with Crippen LogP contribution in [0.25, 0.3) is 0 Å². The van der Waals surface area contributed by atoms with Crippen LogP contribution >= 0.6 is 0 Å². The maximum absolute atomic E-state index is 5.97. The van der Waals surface area contributed by atoms with Crippen LogP contribution in [0.1, 0.15) is 43.7 Å². The van der Waals surface area contributed by atoms with E-state index in [1.54, 1.807) is 0 Å². The Morgan fingerprint density at radius 3 is 2.25 bits per heavy atom. The van der Waals surface area contributed by atoms with Gasteiger partial charge in [0.2, 0.25) is 0 Å². The van der Waals surface area contributed by atoms with Crippen LogP contribution in [0.15, 0.2) is 78.9 Å². The molecule has 2 heteroatoms. The second-order valence-electron chi connectivity index (χ2n) is 7.65. The summed E-state index contributed by atoms with van der Waals surface area (Å²) in [5.74, 6) is 2.76. The van der Waals surface area contributed by atoms with Crippen molar-refractivity contribution < 1.29 is 9.47 Å². The van der Waals surface area contributed by atoms with Crippen LogP contribution in [0.5, 0.6) is 17.2 Å². The molecule has 2 nitrogen and oxygen atoms in total. The summed E-state index contributed by atoms with van der Waals surface area (Å²) in [6.45, 7) is 2.74. The first-order valence-corrected chi connectivity index (χ1v) is 10.3. The topological polar surface area (TPSA) is 18.5 Å². The lowest BCUT2D eigenvalue weighted by Crippen LogP contribution is -2.07. The standard InChI is InChI=1S/C26H28O2/c1-2-27-23-15-13-22(14-16-23)26(18-19-26)17-7-9-21-8-6-12-25(20-21)28-24-10-4-3-5-11-24/h3-6,8,10-16,20H,2,7,9,17-19H2,1H3. The summed E-state index contributed by atoms with van der Waals surface area (Å²) in [6, 6.07) is 27.2. The summed E-state index contributed by atoms with van der Waals surface area (Å²) in [5.41, 5.74) is 3.20. The summed E-state index contributed by atoms with van der Waals surface area (Å²) >= 11 is 0. The van der Waals surface area contributed by atoms with Gasteiger partial charge in [-0.1, -0.05) is 42.5 Å². The Morgan fingerprint density at radius 1 is 0.786 bits per heavy atom. The van der Waals surface area contributed by atoms with Gasteiger partial charge >= 0.3 is 0 Å². The van der Waals surface area contributed by atoms with Crippen molar-refractivity contribution in [2.24, 2.45) is 0 Å². The molecule has 0 N–H and O–H groups in total. The first kappa shape index (κ1) is 18.6. The van der Waals surface area contributed by atoms with Crippen molar-refractivity contribution in [3.8, 4) is 17.2 Å². The van der Waals surface area contributed by atoms with Crippen LogP contribution in [-0.2, 0) is 11.8 Å². The zero-order valence-electron chi connectivity index (χ0n) is 16.6. The fourth-order valence-electron chi connectivity index (χ4n) is 3.93. The predicted molar refractivity (Wildman–Crippen MR) is 114 cm³/mol. The van der Waals surface area contributed by atoms with Gasteiger partial charge in [0.25, 0.3) is 0 Å². The number of hydrogen-bond acceptors (Lipinski definition) is 2. The number of hydrogen-bond donors (Lipinski definition) is 0. The molecule has 28 heavy (non-hydrogen) atoms. The van der Waals surface area contributed by atoms with Crippen molar-refractivity contribution in [2.45, 2.75) is 44.4 Å². The SMILES string of the molecule is CCOc1ccc(C2(CCCc3cccc(Oc4ccccc4)c3)CC2)cc1. The lowest BCUT2D eigenvalue weighted by Gasteiger charge is -2.16. The molecule has 1 aliphatic rings. The summed E-state index contributed by atoms with van der Waals surface area (Å²) in [4.78, 5) is 0. The average Bonchev–Trinajstić information content (AvgIpc) is 3.51. The zero-order chi connectivity index (χ0) is 19.2. The fourth-order valence-corrected chi connectivity index (χ4v) is 3.93. The molecule has 0 aliphatic heterocycles. The molecule has 144 valence electrons. The molecule has 0 heterocycles. The average molecular weight is 373 g/mol. The maximum Gasteiger partial charge on any atom is 0.127 e. The minimum absolute atomic E-state index is 0.392. The van der Waals surface area contributed by atoms with Crippen LogP contribution in [-0.4, -0.2) is 6.61 Å². The van der Waals surface area contributed by atoms with Crippen LogP contribution in [0.4, 0.5) is 0 Å². The van der Waals surface area contributed by atoms with E-state index in [2.05, 4.69) is 42.5 Å². The van der Waals surface area contributed by atoms with Crippen molar-refractivity contribution >= 4 is 0 Å². The van der Waals surface area contributed by atoms with Gasteiger partial charge in [0.1, 0.15) is 17.2 Å². The molecular weight excluding hydrogens is 344 g/mol. The molecule has 0 radical (unpaired) electrons. The van der Waals surface area contributed by atoms with Crippen LogP contribution in [0.3, 0.4) is 0 Å². The maximum atomic E-state index is 5.97. The normalized spacial score (nSPS) is 14.5. The lowest BCUT2D eigenvalue weighted by atomic mass is 9.89. The Hall–Kier alpha value is -2.74. The first-order chi connectivity index (χ1) is 13.8. The Balaban J connectivity index is 1.33. The number of benzene rings is 3. The van der Waals surface area contributed by atoms with E-state index in [0.29, 0.717) is 5.41 Å².